The topological polar surface area (TPSA) is 44.7 Å². The van der Waals surface area contributed by atoms with E-state index in [1.807, 2.05) is 0 Å². The van der Waals surface area contributed by atoms with Gasteiger partial charge >= 0.3 is 0 Å². The van der Waals surface area contributed by atoms with Gasteiger partial charge in [-0.05, 0) is 37.6 Å². The quantitative estimate of drug-likeness (QED) is 0.665. The molecule has 0 aromatic carbocycles. The first-order valence-corrected chi connectivity index (χ1v) is 7.76. The van der Waals surface area contributed by atoms with Crippen LogP contribution < -0.4 is 5.32 Å². The Balaban J connectivity index is 2.50. The molecule has 0 bridgehead atoms. The summed E-state index contributed by atoms with van der Waals surface area (Å²) < 4.78 is 5.16. The Hall–Kier alpha value is -0.160. The minimum atomic E-state index is 0.234. The maximum Gasteiger partial charge on any atom is 0.0589 e. The highest BCUT2D eigenvalue weighted by molar-refractivity contribution is 4.85. The molecule has 0 spiro atoms. The summed E-state index contributed by atoms with van der Waals surface area (Å²) >= 11 is 0. The Kier molecular flexibility index (Phi) is 8.62. The van der Waals surface area contributed by atoms with Gasteiger partial charge < -0.3 is 15.2 Å². The van der Waals surface area contributed by atoms with Crippen LogP contribution in [0.2, 0.25) is 0 Å². The van der Waals surface area contributed by atoms with Crippen LogP contribution in [0.25, 0.3) is 0 Å². The molecule has 0 saturated heterocycles. The van der Waals surface area contributed by atoms with Gasteiger partial charge in [-0.2, -0.15) is 0 Å². The Bertz CT molecular complexity index is 226. The van der Waals surface area contributed by atoms with E-state index < -0.39 is 0 Å². The minimum Gasteiger partial charge on any atom is -0.395 e. The first-order valence-electron chi connectivity index (χ1n) is 7.76. The zero-order chi connectivity index (χ0) is 14.1. The summed E-state index contributed by atoms with van der Waals surface area (Å²) in [5.41, 5.74) is 0. The van der Waals surface area contributed by atoms with Crippen LogP contribution >= 0.6 is 0 Å². The van der Waals surface area contributed by atoms with Gasteiger partial charge in [0.1, 0.15) is 0 Å². The summed E-state index contributed by atoms with van der Waals surface area (Å²) in [6, 6.07) is 0.643. The lowest BCUT2D eigenvalue weighted by molar-refractivity contribution is 0.0956. The Labute approximate surface area is 118 Å². The Morgan fingerprint density at radius 1 is 1.32 bits per heavy atom. The zero-order valence-electron chi connectivity index (χ0n) is 12.9. The zero-order valence-corrected chi connectivity index (χ0v) is 12.9. The average Bonchev–Trinajstić information content (AvgIpc) is 2.39. The Morgan fingerprint density at radius 3 is 2.74 bits per heavy atom. The molecule has 1 aliphatic carbocycles. The van der Waals surface area contributed by atoms with Crippen LogP contribution in [0.5, 0.6) is 0 Å². The van der Waals surface area contributed by atoms with Crippen molar-refractivity contribution in [3.8, 4) is 0 Å². The van der Waals surface area contributed by atoms with Gasteiger partial charge in [0.2, 0.25) is 0 Å². The third kappa shape index (κ3) is 6.21. The van der Waals surface area contributed by atoms with Crippen molar-refractivity contribution >= 4 is 0 Å². The van der Waals surface area contributed by atoms with Crippen molar-refractivity contribution in [1.82, 2.24) is 10.2 Å². The number of aliphatic hydroxyl groups excluding tert-OH is 1. The van der Waals surface area contributed by atoms with E-state index in [-0.39, 0.29) is 6.61 Å². The molecule has 1 fully saturated rings. The van der Waals surface area contributed by atoms with Crippen molar-refractivity contribution in [3.63, 3.8) is 0 Å². The molecule has 3 unspecified atom stereocenters. The van der Waals surface area contributed by atoms with Gasteiger partial charge in [0.15, 0.2) is 0 Å². The smallest absolute Gasteiger partial charge is 0.0589 e. The van der Waals surface area contributed by atoms with Crippen molar-refractivity contribution in [1.29, 1.82) is 0 Å². The van der Waals surface area contributed by atoms with Crippen molar-refractivity contribution in [2.24, 2.45) is 11.8 Å². The fourth-order valence-electron chi connectivity index (χ4n) is 3.22. The number of aliphatic hydroxyl groups is 1. The van der Waals surface area contributed by atoms with Crippen LogP contribution in [0.1, 0.15) is 33.1 Å². The third-order valence-corrected chi connectivity index (χ3v) is 4.23. The molecule has 114 valence electrons. The summed E-state index contributed by atoms with van der Waals surface area (Å²) in [7, 11) is 1.74. The predicted octanol–water partition coefficient (Wildman–Crippen LogP) is 1.34. The molecular weight excluding hydrogens is 240 g/mol. The van der Waals surface area contributed by atoms with Gasteiger partial charge in [-0.1, -0.05) is 13.8 Å². The average molecular weight is 272 g/mol. The van der Waals surface area contributed by atoms with Gasteiger partial charge in [0, 0.05) is 32.8 Å². The lowest BCUT2D eigenvalue weighted by Crippen LogP contribution is -2.46. The highest BCUT2D eigenvalue weighted by Crippen LogP contribution is 2.29. The van der Waals surface area contributed by atoms with Crippen molar-refractivity contribution in [3.05, 3.63) is 0 Å². The summed E-state index contributed by atoms with van der Waals surface area (Å²) in [6.45, 7) is 9.33. The van der Waals surface area contributed by atoms with E-state index in [1.165, 1.54) is 19.3 Å². The molecular formula is C15H32N2O2. The fourth-order valence-corrected chi connectivity index (χ4v) is 3.22. The molecule has 1 saturated carbocycles. The fraction of sp³-hybridized carbons (Fsp3) is 1.00. The number of hydrogen-bond donors (Lipinski definition) is 2. The normalized spacial score (nSPS) is 27.9. The second kappa shape index (κ2) is 9.70. The molecule has 4 nitrogen and oxygen atoms in total. The Morgan fingerprint density at radius 2 is 2.11 bits per heavy atom. The molecule has 0 heterocycles. The van der Waals surface area contributed by atoms with Gasteiger partial charge in [-0.25, -0.2) is 0 Å². The SMILES string of the molecule is CCNC1CCC(C)CC1CN(CCO)CCOC. The highest BCUT2D eigenvalue weighted by Gasteiger charge is 2.29. The van der Waals surface area contributed by atoms with E-state index in [0.717, 1.165) is 38.7 Å². The molecule has 0 amide bonds. The number of methoxy groups -OCH3 is 1. The lowest BCUT2D eigenvalue weighted by Gasteiger charge is -2.38. The van der Waals surface area contributed by atoms with Gasteiger partial charge in [-0.3, -0.25) is 4.90 Å². The van der Waals surface area contributed by atoms with Crippen LogP contribution in [0.15, 0.2) is 0 Å². The van der Waals surface area contributed by atoms with Crippen LogP contribution in [-0.2, 0) is 4.74 Å². The largest absolute Gasteiger partial charge is 0.395 e. The molecule has 0 aromatic rings. The molecule has 1 aliphatic rings. The molecule has 0 aromatic heterocycles. The number of ether oxygens (including phenoxy) is 1. The van der Waals surface area contributed by atoms with Crippen LogP contribution in [0, 0.1) is 11.8 Å². The standard InChI is InChI=1S/C15H32N2O2/c1-4-16-15-6-5-13(2)11-14(15)12-17(7-9-18)8-10-19-3/h13-16,18H,4-12H2,1-3H3. The third-order valence-electron chi connectivity index (χ3n) is 4.23. The number of rotatable bonds is 9. The summed E-state index contributed by atoms with van der Waals surface area (Å²) in [5, 5.41) is 12.8. The summed E-state index contributed by atoms with van der Waals surface area (Å²) in [5.74, 6) is 1.53. The second-order valence-corrected chi connectivity index (χ2v) is 5.86. The van der Waals surface area contributed by atoms with Gasteiger partial charge in [0.05, 0.1) is 13.2 Å². The van der Waals surface area contributed by atoms with Gasteiger partial charge in [0.25, 0.3) is 0 Å². The maximum atomic E-state index is 9.19. The minimum absolute atomic E-state index is 0.234. The lowest BCUT2D eigenvalue weighted by atomic mass is 9.78. The van der Waals surface area contributed by atoms with E-state index in [2.05, 4.69) is 24.1 Å². The van der Waals surface area contributed by atoms with Crippen molar-refractivity contribution < 1.29 is 9.84 Å². The molecule has 4 heteroatoms. The monoisotopic (exact) mass is 272 g/mol. The van der Waals surface area contributed by atoms with E-state index in [1.54, 1.807) is 7.11 Å². The van der Waals surface area contributed by atoms with Crippen LogP contribution in [0.4, 0.5) is 0 Å². The van der Waals surface area contributed by atoms with Crippen LogP contribution in [-0.4, -0.2) is 62.6 Å². The first kappa shape index (κ1) is 16.9. The van der Waals surface area contributed by atoms with E-state index >= 15 is 0 Å². The number of hydrogen-bond acceptors (Lipinski definition) is 4. The first-order chi connectivity index (χ1) is 9.21. The van der Waals surface area contributed by atoms with E-state index in [4.69, 9.17) is 4.74 Å². The predicted molar refractivity (Wildman–Crippen MR) is 79.4 cm³/mol. The van der Waals surface area contributed by atoms with E-state index in [9.17, 15) is 5.11 Å². The molecule has 2 N–H and O–H groups in total. The second-order valence-electron chi connectivity index (χ2n) is 5.86. The number of nitrogens with zero attached hydrogens (tertiary/aromatic N) is 1. The maximum absolute atomic E-state index is 9.19. The van der Waals surface area contributed by atoms with Crippen molar-refractivity contribution in [2.75, 3.05) is 46.5 Å². The van der Waals surface area contributed by atoms with Gasteiger partial charge in [-0.15, -0.1) is 0 Å². The van der Waals surface area contributed by atoms with Crippen LogP contribution in [0.3, 0.4) is 0 Å². The van der Waals surface area contributed by atoms with Crippen molar-refractivity contribution in [2.45, 2.75) is 39.2 Å². The molecule has 0 aliphatic heterocycles. The number of nitrogens with one attached hydrogen (secondary N) is 1. The summed E-state index contributed by atoms with van der Waals surface area (Å²) in [4.78, 5) is 2.34. The summed E-state index contributed by atoms with van der Waals surface area (Å²) in [6.07, 6.45) is 3.93. The molecule has 1 rings (SSSR count). The molecule has 19 heavy (non-hydrogen) atoms. The van der Waals surface area contributed by atoms with E-state index in [0.29, 0.717) is 12.0 Å². The molecule has 3 atom stereocenters. The molecule has 0 radical (unpaired) electrons. The highest BCUT2D eigenvalue weighted by atomic mass is 16.5.